The van der Waals surface area contributed by atoms with E-state index in [1.54, 1.807) is 14.2 Å². The van der Waals surface area contributed by atoms with Crippen molar-refractivity contribution >= 4 is 27.5 Å². The van der Waals surface area contributed by atoms with Crippen LogP contribution in [0.15, 0.2) is 46.9 Å². The lowest BCUT2D eigenvalue weighted by atomic mass is 9.92. The third kappa shape index (κ3) is 3.53. The molecule has 2 atom stereocenters. The molecule has 2 rings (SSSR count). The van der Waals surface area contributed by atoms with Gasteiger partial charge >= 0.3 is 0 Å². The number of rotatable bonds is 5. The van der Waals surface area contributed by atoms with E-state index in [1.807, 2.05) is 30.3 Å². The van der Waals surface area contributed by atoms with E-state index in [9.17, 15) is 0 Å². The molecular weight excluding hydrogens is 352 g/mol. The monoisotopic (exact) mass is 368 g/mol. The Labute approximate surface area is 139 Å². The van der Waals surface area contributed by atoms with Gasteiger partial charge in [-0.15, -0.1) is 11.6 Å². The van der Waals surface area contributed by atoms with Crippen LogP contribution in [0.25, 0.3) is 0 Å². The average molecular weight is 370 g/mol. The number of alkyl halides is 1. The smallest absolute Gasteiger partial charge is 0.133 e. The van der Waals surface area contributed by atoms with E-state index in [2.05, 4.69) is 35.0 Å². The second kappa shape index (κ2) is 7.19. The molecule has 0 spiro atoms. The minimum absolute atomic E-state index is 0.160. The molecule has 0 bridgehead atoms. The van der Waals surface area contributed by atoms with Gasteiger partial charge in [0.05, 0.1) is 24.1 Å². The molecule has 2 unspecified atom stereocenters. The summed E-state index contributed by atoms with van der Waals surface area (Å²) < 4.78 is 11.7. The Morgan fingerprint density at radius 1 is 1.00 bits per heavy atom. The summed E-state index contributed by atoms with van der Waals surface area (Å²) in [4.78, 5) is 0. The second-order valence-electron chi connectivity index (χ2n) is 4.83. The number of hydrogen-bond donors (Lipinski definition) is 0. The maximum Gasteiger partial charge on any atom is 0.133 e. The summed E-state index contributed by atoms with van der Waals surface area (Å²) in [7, 11) is 3.29. The molecule has 2 aromatic carbocycles. The van der Waals surface area contributed by atoms with Crippen molar-refractivity contribution in [1.29, 1.82) is 0 Å². The fraction of sp³-hybridized carbons (Fsp3) is 0.294. The number of halogens is 2. The molecule has 0 aliphatic carbocycles. The fourth-order valence-corrected chi connectivity index (χ4v) is 3.09. The first-order valence-electron chi connectivity index (χ1n) is 6.69. The molecule has 0 N–H and O–H groups in total. The molecule has 0 saturated carbocycles. The highest BCUT2D eigenvalue weighted by Crippen LogP contribution is 2.43. The van der Waals surface area contributed by atoms with E-state index < -0.39 is 0 Å². The largest absolute Gasteiger partial charge is 0.496 e. The summed E-state index contributed by atoms with van der Waals surface area (Å²) in [6.45, 7) is 2.11. The van der Waals surface area contributed by atoms with Crippen LogP contribution in [0.1, 0.15) is 29.3 Å². The predicted molar refractivity (Wildman–Crippen MR) is 90.7 cm³/mol. The lowest BCUT2D eigenvalue weighted by molar-refractivity contribution is 0.395. The number of ether oxygens (including phenoxy) is 2. The van der Waals surface area contributed by atoms with Gasteiger partial charge < -0.3 is 9.47 Å². The Balaban J connectivity index is 2.40. The van der Waals surface area contributed by atoms with Gasteiger partial charge in [0.15, 0.2) is 0 Å². The third-order valence-electron chi connectivity index (χ3n) is 3.57. The first-order valence-corrected chi connectivity index (χ1v) is 7.91. The first-order chi connectivity index (χ1) is 10.1. The van der Waals surface area contributed by atoms with E-state index in [0.717, 1.165) is 21.5 Å². The topological polar surface area (TPSA) is 18.5 Å². The van der Waals surface area contributed by atoms with Crippen molar-refractivity contribution in [3.05, 3.63) is 58.1 Å². The van der Waals surface area contributed by atoms with Crippen LogP contribution in [0.3, 0.4) is 0 Å². The van der Waals surface area contributed by atoms with Crippen LogP contribution in [-0.4, -0.2) is 14.2 Å². The quantitative estimate of drug-likeness (QED) is 0.643. The van der Waals surface area contributed by atoms with Gasteiger partial charge in [0.2, 0.25) is 0 Å². The lowest BCUT2D eigenvalue weighted by Crippen LogP contribution is -2.05. The number of benzene rings is 2. The molecule has 0 radical (unpaired) electrons. The molecule has 0 amide bonds. The molecular formula is C17H18BrClO2. The maximum atomic E-state index is 6.71. The molecule has 0 saturated heterocycles. The summed E-state index contributed by atoms with van der Waals surface area (Å²) in [5, 5.41) is -0.204. The average Bonchev–Trinajstić information content (AvgIpc) is 2.54. The number of hydrogen-bond acceptors (Lipinski definition) is 2. The van der Waals surface area contributed by atoms with Crippen molar-refractivity contribution in [3.63, 3.8) is 0 Å². The number of methoxy groups -OCH3 is 2. The van der Waals surface area contributed by atoms with Gasteiger partial charge in [-0.05, 0) is 33.6 Å². The van der Waals surface area contributed by atoms with Gasteiger partial charge in [-0.1, -0.05) is 37.3 Å². The normalized spacial score (nSPS) is 13.6. The van der Waals surface area contributed by atoms with Crippen LogP contribution >= 0.6 is 27.5 Å². The van der Waals surface area contributed by atoms with Gasteiger partial charge in [-0.2, -0.15) is 0 Å². The summed E-state index contributed by atoms with van der Waals surface area (Å²) in [5.74, 6) is 1.66. The molecule has 0 aliphatic rings. The maximum absolute atomic E-state index is 6.71. The van der Waals surface area contributed by atoms with Crippen molar-refractivity contribution in [2.75, 3.05) is 14.2 Å². The van der Waals surface area contributed by atoms with Crippen molar-refractivity contribution in [3.8, 4) is 11.5 Å². The van der Waals surface area contributed by atoms with Crippen LogP contribution in [-0.2, 0) is 0 Å². The molecule has 0 aromatic heterocycles. The molecule has 0 heterocycles. The first kappa shape index (κ1) is 16.2. The van der Waals surface area contributed by atoms with Gasteiger partial charge in [0.25, 0.3) is 0 Å². The van der Waals surface area contributed by atoms with Gasteiger partial charge in [0, 0.05) is 11.5 Å². The zero-order valence-electron chi connectivity index (χ0n) is 12.3. The highest BCUT2D eigenvalue weighted by molar-refractivity contribution is 9.10. The van der Waals surface area contributed by atoms with Crippen molar-refractivity contribution < 1.29 is 9.47 Å². The van der Waals surface area contributed by atoms with Crippen molar-refractivity contribution in [2.45, 2.75) is 18.2 Å². The van der Waals surface area contributed by atoms with Gasteiger partial charge in [-0.3, -0.25) is 0 Å². The zero-order valence-corrected chi connectivity index (χ0v) is 14.6. The second-order valence-corrected chi connectivity index (χ2v) is 6.15. The predicted octanol–water partition coefficient (Wildman–Crippen LogP) is 5.55. The highest BCUT2D eigenvalue weighted by Gasteiger charge is 2.23. The van der Waals surface area contributed by atoms with E-state index in [1.165, 1.54) is 5.56 Å². The summed E-state index contributed by atoms with van der Waals surface area (Å²) in [6, 6.07) is 14.0. The summed E-state index contributed by atoms with van der Waals surface area (Å²) in [5.41, 5.74) is 2.12. The van der Waals surface area contributed by atoms with E-state index in [-0.39, 0.29) is 11.3 Å². The summed E-state index contributed by atoms with van der Waals surface area (Å²) in [6.07, 6.45) is 0. The SMILES string of the molecule is COc1cc(C(Cl)C(C)c2ccccc2)c(OC)cc1Br. The Bertz CT molecular complexity index is 601. The third-order valence-corrected chi connectivity index (χ3v) is 4.80. The molecule has 0 fully saturated rings. The van der Waals surface area contributed by atoms with E-state index in [0.29, 0.717) is 0 Å². The molecule has 2 nitrogen and oxygen atoms in total. The summed E-state index contributed by atoms with van der Waals surface area (Å²) >= 11 is 10.2. The van der Waals surface area contributed by atoms with Crippen LogP contribution < -0.4 is 9.47 Å². The minimum atomic E-state index is -0.204. The van der Waals surface area contributed by atoms with Gasteiger partial charge in [-0.25, -0.2) is 0 Å². The molecule has 21 heavy (non-hydrogen) atoms. The van der Waals surface area contributed by atoms with E-state index >= 15 is 0 Å². The Kier molecular flexibility index (Phi) is 5.54. The van der Waals surface area contributed by atoms with Crippen LogP contribution in [0.4, 0.5) is 0 Å². The van der Waals surface area contributed by atoms with Gasteiger partial charge in [0.1, 0.15) is 11.5 Å². The lowest BCUT2D eigenvalue weighted by Gasteiger charge is -2.22. The molecule has 4 heteroatoms. The minimum Gasteiger partial charge on any atom is -0.496 e. The molecule has 112 valence electrons. The standard InChI is InChI=1S/C17H18BrClO2/c1-11(12-7-5-4-6-8-12)17(19)13-9-16(21-3)14(18)10-15(13)20-2/h4-11,17H,1-3H3. The van der Waals surface area contributed by atoms with E-state index in [4.69, 9.17) is 21.1 Å². The molecule has 0 aliphatic heterocycles. The Hall–Kier alpha value is -1.19. The van der Waals surface area contributed by atoms with Crippen molar-refractivity contribution in [1.82, 2.24) is 0 Å². The zero-order chi connectivity index (χ0) is 15.4. The van der Waals surface area contributed by atoms with Crippen LogP contribution in [0.5, 0.6) is 11.5 Å². The van der Waals surface area contributed by atoms with Crippen LogP contribution in [0, 0.1) is 0 Å². The van der Waals surface area contributed by atoms with Crippen LogP contribution in [0.2, 0.25) is 0 Å². The fourth-order valence-electron chi connectivity index (χ4n) is 2.29. The molecule has 2 aromatic rings. The Morgan fingerprint density at radius 3 is 2.19 bits per heavy atom. The highest BCUT2D eigenvalue weighted by atomic mass is 79.9. The van der Waals surface area contributed by atoms with Crippen molar-refractivity contribution in [2.24, 2.45) is 0 Å². The Morgan fingerprint density at radius 2 is 1.62 bits per heavy atom.